The van der Waals surface area contributed by atoms with Crippen molar-refractivity contribution in [3.63, 3.8) is 0 Å². The Morgan fingerprint density at radius 1 is 1.14 bits per heavy atom. The molecule has 0 aromatic rings. The van der Waals surface area contributed by atoms with Crippen LogP contribution in [0.5, 0.6) is 0 Å². The van der Waals surface area contributed by atoms with E-state index in [0.717, 1.165) is 39.1 Å². The van der Waals surface area contributed by atoms with E-state index in [1.807, 2.05) is 6.92 Å². The van der Waals surface area contributed by atoms with E-state index in [-0.39, 0.29) is 0 Å². The van der Waals surface area contributed by atoms with Crippen molar-refractivity contribution in [1.82, 2.24) is 10.2 Å². The lowest BCUT2D eigenvalue weighted by molar-refractivity contribution is -0.144. The minimum atomic E-state index is -0.839. The molecule has 6 nitrogen and oxygen atoms in total. The first kappa shape index (κ1) is 20.3. The van der Waals surface area contributed by atoms with Crippen molar-refractivity contribution < 1.29 is 19.4 Å². The van der Waals surface area contributed by atoms with Gasteiger partial charge in [0.25, 0.3) is 0 Å². The maximum absolute atomic E-state index is 11.4. The molecule has 0 spiro atoms. The molecule has 0 bridgehead atoms. The lowest BCUT2D eigenvalue weighted by Crippen LogP contribution is -2.49. The Labute approximate surface area is 128 Å². The smallest absolute Gasteiger partial charge is 0.323 e. The fraction of sp³-hybridized carbons (Fsp3) is 0.933. The van der Waals surface area contributed by atoms with Crippen LogP contribution < -0.4 is 5.32 Å². The van der Waals surface area contributed by atoms with Gasteiger partial charge < -0.3 is 24.8 Å². The highest BCUT2D eigenvalue weighted by molar-refractivity contribution is 5.78. The van der Waals surface area contributed by atoms with Crippen LogP contribution in [-0.4, -0.2) is 75.1 Å². The van der Waals surface area contributed by atoms with E-state index in [2.05, 4.69) is 10.2 Å². The summed E-state index contributed by atoms with van der Waals surface area (Å²) in [6, 6.07) is 0. The van der Waals surface area contributed by atoms with Crippen LogP contribution in [0.2, 0.25) is 0 Å². The van der Waals surface area contributed by atoms with Gasteiger partial charge in [-0.25, -0.2) is 0 Å². The predicted octanol–water partition coefficient (Wildman–Crippen LogP) is 1.20. The topological polar surface area (TPSA) is 71.0 Å². The summed E-state index contributed by atoms with van der Waals surface area (Å²) in [4.78, 5) is 13.7. The number of likely N-dealkylation sites (N-methyl/N-ethyl adjacent to an activating group) is 1. The zero-order chi connectivity index (χ0) is 16.1. The monoisotopic (exact) mass is 304 g/mol. The summed E-state index contributed by atoms with van der Waals surface area (Å²) in [6.07, 6.45) is 2.43. The first-order chi connectivity index (χ1) is 10.00. The SMILES string of the molecule is CCNC(C)(CCCN(CCCOC)CCOC)C(=O)O. The summed E-state index contributed by atoms with van der Waals surface area (Å²) in [5, 5.41) is 12.4. The number of carboxylic acid groups (broad SMARTS) is 1. The number of carboxylic acids is 1. The van der Waals surface area contributed by atoms with Gasteiger partial charge in [0.2, 0.25) is 0 Å². The molecular formula is C15H32N2O4. The van der Waals surface area contributed by atoms with Gasteiger partial charge in [0.05, 0.1) is 6.61 Å². The Morgan fingerprint density at radius 3 is 2.29 bits per heavy atom. The molecule has 0 radical (unpaired) electrons. The summed E-state index contributed by atoms with van der Waals surface area (Å²) in [7, 11) is 3.40. The van der Waals surface area contributed by atoms with Crippen molar-refractivity contribution in [2.75, 3.05) is 53.6 Å². The van der Waals surface area contributed by atoms with Gasteiger partial charge in [-0.3, -0.25) is 4.79 Å². The Hall–Kier alpha value is -0.690. The first-order valence-electron chi connectivity index (χ1n) is 7.68. The van der Waals surface area contributed by atoms with E-state index in [9.17, 15) is 9.90 Å². The average molecular weight is 304 g/mol. The van der Waals surface area contributed by atoms with E-state index >= 15 is 0 Å². The molecule has 0 fully saturated rings. The third-order valence-electron chi connectivity index (χ3n) is 3.62. The Kier molecular flexibility index (Phi) is 11.5. The maximum atomic E-state index is 11.4. The fourth-order valence-corrected chi connectivity index (χ4v) is 2.31. The molecule has 1 unspecified atom stereocenters. The highest BCUT2D eigenvalue weighted by Crippen LogP contribution is 2.13. The average Bonchev–Trinajstić information content (AvgIpc) is 2.44. The molecule has 0 aromatic carbocycles. The number of hydrogen-bond donors (Lipinski definition) is 2. The molecular weight excluding hydrogens is 272 g/mol. The number of nitrogens with zero attached hydrogens (tertiary/aromatic N) is 1. The minimum absolute atomic E-state index is 0.615. The van der Waals surface area contributed by atoms with Crippen molar-refractivity contribution in [1.29, 1.82) is 0 Å². The van der Waals surface area contributed by atoms with E-state index in [0.29, 0.717) is 19.6 Å². The lowest BCUT2D eigenvalue weighted by atomic mass is 9.95. The van der Waals surface area contributed by atoms with Crippen LogP contribution >= 0.6 is 0 Å². The third-order valence-corrected chi connectivity index (χ3v) is 3.62. The number of carbonyl (C=O) groups is 1. The van der Waals surface area contributed by atoms with Gasteiger partial charge in [0, 0.05) is 33.9 Å². The molecule has 0 saturated carbocycles. The molecule has 0 saturated heterocycles. The number of ether oxygens (including phenoxy) is 2. The molecule has 1 atom stereocenters. The van der Waals surface area contributed by atoms with Crippen LogP contribution in [0.4, 0.5) is 0 Å². The summed E-state index contributed by atoms with van der Waals surface area (Å²) >= 11 is 0. The number of rotatable bonds is 14. The molecule has 6 heteroatoms. The molecule has 2 N–H and O–H groups in total. The van der Waals surface area contributed by atoms with E-state index < -0.39 is 11.5 Å². The highest BCUT2D eigenvalue weighted by Gasteiger charge is 2.31. The zero-order valence-corrected chi connectivity index (χ0v) is 14.0. The number of methoxy groups -OCH3 is 2. The third kappa shape index (κ3) is 9.03. The molecule has 0 rings (SSSR count). The molecule has 0 aromatic heterocycles. The molecule has 0 aliphatic rings. The van der Waals surface area contributed by atoms with Gasteiger partial charge in [-0.05, 0) is 39.3 Å². The Balaban J connectivity index is 4.21. The van der Waals surface area contributed by atoms with Crippen molar-refractivity contribution in [3.8, 4) is 0 Å². The van der Waals surface area contributed by atoms with Crippen molar-refractivity contribution in [3.05, 3.63) is 0 Å². The number of aliphatic carboxylic acids is 1. The number of hydrogen-bond acceptors (Lipinski definition) is 5. The summed E-state index contributed by atoms with van der Waals surface area (Å²) in [5.41, 5.74) is -0.839. The predicted molar refractivity (Wildman–Crippen MR) is 83.8 cm³/mol. The van der Waals surface area contributed by atoms with Crippen LogP contribution in [0.25, 0.3) is 0 Å². The molecule has 0 aliphatic carbocycles. The van der Waals surface area contributed by atoms with Crippen molar-refractivity contribution >= 4 is 5.97 Å². The van der Waals surface area contributed by atoms with Crippen LogP contribution in [0, 0.1) is 0 Å². The molecule has 0 aliphatic heterocycles. The first-order valence-corrected chi connectivity index (χ1v) is 7.68. The molecule has 21 heavy (non-hydrogen) atoms. The summed E-state index contributed by atoms with van der Waals surface area (Å²) in [5.74, 6) is -0.785. The maximum Gasteiger partial charge on any atom is 0.323 e. The lowest BCUT2D eigenvalue weighted by Gasteiger charge is -2.28. The summed E-state index contributed by atoms with van der Waals surface area (Å²) < 4.78 is 10.2. The van der Waals surface area contributed by atoms with Gasteiger partial charge in [-0.1, -0.05) is 6.92 Å². The van der Waals surface area contributed by atoms with Crippen LogP contribution in [0.1, 0.15) is 33.1 Å². The van der Waals surface area contributed by atoms with Gasteiger partial charge >= 0.3 is 5.97 Å². The van der Waals surface area contributed by atoms with Crippen molar-refractivity contribution in [2.45, 2.75) is 38.6 Å². The quantitative estimate of drug-likeness (QED) is 0.470. The number of nitrogens with one attached hydrogen (secondary N) is 1. The molecule has 0 heterocycles. The van der Waals surface area contributed by atoms with Gasteiger partial charge in [0.1, 0.15) is 5.54 Å². The van der Waals surface area contributed by atoms with Gasteiger partial charge in [-0.2, -0.15) is 0 Å². The zero-order valence-electron chi connectivity index (χ0n) is 14.0. The standard InChI is InChI=1S/C15H32N2O4/c1-5-16-15(2,14(18)19)8-6-9-17(11-13-21-4)10-7-12-20-3/h16H,5-13H2,1-4H3,(H,18,19). The van der Waals surface area contributed by atoms with E-state index in [4.69, 9.17) is 9.47 Å². The van der Waals surface area contributed by atoms with Gasteiger partial charge in [0.15, 0.2) is 0 Å². The van der Waals surface area contributed by atoms with Crippen LogP contribution in [-0.2, 0) is 14.3 Å². The highest BCUT2D eigenvalue weighted by atomic mass is 16.5. The Bertz CT molecular complexity index is 276. The minimum Gasteiger partial charge on any atom is -0.480 e. The van der Waals surface area contributed by atoms with Crippen LogP contribution in [0.15, 0.2) is 0 Å². The van der Waals surface area contributed by atoms with E-state index in [1.165, 1.54) is 0 Å². The second-order valence-corrected chi connectivity index (χ2v) is 5.45. The van der Waals surface area contributed by atoms with Crippen LogP contribution in [0.3, 0.4) is 0 Å². The largest absolute Gasteiger partial charge is 0.480 e. The van der Waals surface area contributed by atoms with E-state index in [1.54, 1.807) is 21.1 Å². The fourth-order valence-electron chi connectivity index (χ4n) is 2.31. The second kappa shape index (κ2) is 11.9. The summed E-state index contributed by atoms with van der Waals surface area (Å²) in [6.45, 7) is 8.46. The second-order valence-electron chi connectivity index (χ2n) is 5.45. The molecule has 0 amide bonds. The normalized spacial score (nSPS) is 14.3. The Morgan fingerprint density at radius 2 is 1.76 bits per heavy atom. The van der Waals surface area contributed by atoms with Crippen molar-refractivity contribution in [2.24, 2.45) is 0 Å². The van der Waals surface area contributed by atoms with Gasteiger partial charge in [-0.15, -0.1) is 0 Å². The molecule has 126 valence electrons.